The molecule has 0 spiro atoms. The van der Waals surface area contributed by atoms with Crippen LogP contribution in [0.3, 0.4) is 0 Å². The molecule has 0 radical (unpaired) electrons. The number of amides is 3. The predicted octanol–water partition coefficient (Wildman–Crippen LogP) is 4.14. The molecule has 0 fully saturated rings. The van der Waals surface area contributed by atoms with E-state index in [4.69, 9.17) is 0 Å². The predicted molar refractivity (Wildman–Crippen MR) is 109 cm³/mol. The molecular formula is C22H22F3N3O3. The van der Waals surface area contributed by atoms with E-state index in [1.54, 1.807) is 11.0 Å². The van der Waals surface area contributed by atoms with Crippen molar-refractivity contribution in [2.45, 2.75) is 38.9 Å². The molecule has 0 aromatic heterocycles. The molecule has 2 aromatic rings. The number of halogens is 3. The molecule has 2 N–H and O–H groups in total. The highest BCUT2D eigenvalue weighted by Crippen LogP contribution is 2.37. The van der Waals surface area contributed by atoms with Gasteiger partial charge in [0.05, 0.1) is 23.7 Å². The van der Waals surface area contributed by atoms with Crippen LogP contribution in [0.25, 0.3) is 0 Å². The monoisotopic (exact) mass is 433 g/mol. The van der Waals surface area contributed by atoms with Gasteiger partial charge in [-0.3, -0.25) is 14.4 Å². The molecule has 31 heavy (non-hydrogen) atoms. The first-order valence-corrected chi connectivity index (χ1v) is 9.70. The molecule has 9 heteroatoms. The van der Waals surface area contributed by atoms with Crippen molar-refractivity contribution in [2.24, 2.45) is 0 Å². The van der Waals surface area contributed by atoms with E-state index in [2.05, 4.69) is 10.6 Å². The second-order valence-corrected chi connectivity index (χ2v) is 7.37. The Hall–Kier alpha value is -3.36. The van der Waals surface area contributed by atoms with Gasteiger partial charge in [-0.2, -0.15) is 13.2 Å². The lowest BCUT2D eigenvalue weighted by Crippen LogP contribution is -2.40. The van der Waals surface area contributed by atoms with Gasteiger partial charge in [-0.25, -0.2) is 0 Å². The Kier molecular flexibility index (Phi) is 6.33. The Morgan fingerprint density at radius 3 is 2.42 bits per heavy atom. The normalized spacial score (nSPS) is 15.8. The maximum absolute atomic E-state index is 13.5. The third-order valence-corrected chi connectivity index (χ3v) is 5.11. The smallest absolute Gasteiger partial charge is 0.335 e. The van der Waals surface area contributed by atoms with Crippen LogP contribution in [0.4, 0.5) is 24.5 Å². The molecule has 2 aromatic carbocycles. The Morgan fingerprint density at radius 1 is 1.06 bits per heavy atom. The SMILES string of the molecule is CC(=O)Nc1ccc(NC(=O)CC2c3ccccc3CCN2C(C)=O)c(C(F)(F)F)c1. The quantitative estimate of drug-likeness (QED) is 0.761. The number of hydrogen-bond donors (Lipinski definition) is 2. The van der Waals surface area contributed by atoms with Crippen LogP contribution in [-0.4, -0.2) is 29.2 Å². The molecule has 0 saturated heterocycles. The lowest BCUT2D eigenvalue weighted by Gasteiger charge is -2.36. The van der Waals surface area contributed by atoms with Crippen molar-refractivity contribution in [2.75, 3.05) is 17.2 Å². The first-order valence-electron chi connectivity index (χ1n) is 9.70. The summed E-state index contributed by atoms with van der Waals surface area (Å²) in [5.74, 6) is -1.36. The van der Waals surface area contributed by atoms with Crippen LogP contribution in [-0.2, 0) is 27.0 Å². The Bertz CT molecular complexity index is 1020. The van der Waals surface area contributed by atoms with Gasteiger partial charge in [0.2, 0.25) is 17.7 Å². The number of nitrogens with zero attached hydrogens (tertiary/aromatic N) is 1. The van der Waals surface area contributed by atoms with Crippen LogP contribution in [0.1, 0.15) is 43.0 Å². The van der Waals surface area contributed by atoms with E-state index in [-0.39, 0.29) is 18.0 Å². The van der Waals surface area contributed by atoms with Crippen molar-refractivity contribution < 1.29 is 27.6 Å². The summed E-state index contributed by atoms with van der Waals surface area (Å²) in [5, 5.41) is 4.62. The lowest BCUT2D eigenvalue weighted by molar-refractivity contribution is -0.137. The van der Waals surface area contributed by atoms with E-state index < -0.39 is 35.3 Å². The van der Waals surface area contributed by atoms with Crippen LogP contribution >= 0.6 is 0 Å². The van der Waals surface area contributed by atoms with Crippen molar-refractivity contribution in [1.29, 1.82) is 0 Å². The van der Waals surface area contributed by atoms with E-state index >= 15 is 0 Å². The molecule has 1 unspecified atom stereocenters. The average molecular weight is 433 g/mol. The minimum atomic E-state index is -4.74. The number of hydrogen-bond acceptors (Lipinski definition) is 3. The maximum atomic E-state index is 13.5. The van der Waals surface area contributed by atoms with Crippen molar-refractivity contribution >= 4 is 29.1 Å². The maximum Gasteiger partial charge on any atom is 0.418 e. The molecule has 1 aliphatic rings. The fourth-order valence-corrected chi connectivity index (χ4v) is 3.79. The Labute approximate surface area is 177 Å². The van der Waals surface area contributed by atoms with Crippen LogP contribution in [0.2, 0.25) is 0 Å². The summed E-state index contributed by atoms with van der Waals surface area (Å²) in [5.41, 5.74) is 0.316. The minimum absolute atomic E-state index is 0.0261. The largest absolute Gasteiger partial charge is 0.418 e. The number of anilines is 2. The van der Waals surface area contributed by atoms with Gasteiger partial charge in [0.1, 0.15) is 0 Å². The molecule has 1 aliphatic heterocycles. The number of nitrogens with one attached hydrogen (secondary N) is 2. The molecule has 164 valence electrons. The van der Waals surface area contributed by atoms with Gasteiger partial charge >= 0.3 is 6.18 Å². The fraction of sp³-hybridized carbons (Fsp3) is 0.318. The summed E-state index contributed by atoms with van der Waals surface area (Å²) < 4.78 is 40.6. The van der Waals surface area contributed by atoms with E-state index in [1.165, 1.54) is 19.9 Å². The molecule has 3 rings (SSSR count). The lowest BCUT2D eigenvalue weighted by atomic mass is 9.90. The van der Waals surface area contributed by atoms with Gasteiger partial charge in [0.25, 0.3) is 0 Å². The van der Waals surface area contributed by atoms with Gasteiger partial charge in [-0.1, -0.05) is 24.3 Å². The number of rotatable bonds is 4. The first-order chi connectivity index (χ1) is 14.6. The van der Waals surface area contributed by atoms with E-state index in [9.17, 15) is 27.6 Å². The highest BCUT2D eigenvalue weighted by molar-refractivity contribution is 5.94. The van der Waals surface area contributed by atoms with Gasteiger partial charge in [-0.05, 0) is 35.7 Å². The van der Waals surface area contributed by atoms with Gasteiger partial charge in [0, 0.05) is 26.1 Å². The molecule has 6 nitrogen and oxygen atoms in total. The van der Waals surface area contributed by atoms with Crippen molar-refractivity contribution in [3.05, 3.63) is 59.2 Å². The molecule has 3 amide bonds. The molecule has 1 atom stereocenters. The fourth-order valence-electron chi connectivity index (χ4n) is 3.79. The topological polar surface area (TPSA) is 78.5 Å². The van der Waals surface area contributed by atoms with Crippen LogP contribution in [0.15, 0.2) is 42.5 Å². The van der Waals surface area contributed by atoms with Gasteiger partial charge < -0.3 is 15.5 Å². The first kappa shape index (κ1) is 22.3. The molecular weight excluding hydrogens is 411 g/mol. The summed E-state index contributed by atoms with van der Waals surface area (Å²) in [7, 11) is 0. The Balaban J connectivity index is 1.86. The molecule has 0 aliphatic carbocycles. The summed E-state index contributed by atoms with van der Waals surface area (Å²) in [6, 6.07) is 10.0. The van der Waals surface area contributed by atoms with Crippen LogP contribution in [0.5, 0.6) is 0 Å². The second-order valence-electron chi connectivity index (χ2n) is 7.37. The summed E-state index contributed by atoms with van der Waals surface area (Å²) >= 11 is 0. The average Bonchev–Trinajstić information content (AvgIpc) is 2.68. The number of carbonyl (C=O) groups is 3. The minimum Gasteiger partial charge on any atom is -0.335 e. The van der Waals surface area contributed by atoms with Crippen molar-refractivity contribution in [3.8, 4) is 0 Å². The molecule has 1 heterocycles. The van der Waals surface area contributed by atoms with Gasteiger partial charge in [0.15, 0.2) is 0 Å². The standard InChI is InChI=1S/C22H22F3N3O3/c1-13(29)26-16-7-8-19(18(11-16)22(23,24)25)27-21(31)12-20-17-6-4-3-5-15(17)9-10-28(20)14(2)30/h3-8,11,20H,9-10,12H2,1-2H3,(H,26,29)(H,27,31). The third-order valence-electron chi connectivity index (χ3n) is 5.11. The summed E-state index contributed by atoms with van der Waals surface area (Å²) in [4.78, 5) is 37.5. The number of alkyl halides is 3. The number of carbonyl (C=O) groups excluding carboxylic acids is 3. The van der Waals surface area contributed by atoms with E-state index in [1.807, 2.05) is 18.2 Å². The van der Waals surface area contributed by atoms with Crippen molar-refractivity contribution in [3.63, 3.8) is 0 Å². The summed E-state index contributed by atoms with van der Waals surface area (Å²) in [6.07, 6.45) is -4.27. The third kappa shape index (κ3) is 5.22. The molecule has 0 bridgehead atoms. The van der Waals surface area contributed by atoms with E-state index in [0.717, 1.165) is 23.3 Å². The second kappa shape index (κ2) is 8.79. The number of fused-ring (bicyclic) bond motifs is 1. The van der Waals surface area contributed by atoms with Gasteiger partial charge in [-0.15, -0.1) is 0 Å². The zero-order chi connectivity index (χ0) is 22.8. The van der Waals surface area contributed by atoms with Crippen molar-refractivity contribution in [1.82, 2.24) is 4.90 Å². The van der Waals surface area contributed by atoms with E-state index in [0.29, 0.717) is 13.0 Å². The highest BCUT2D eigenvalue weighted by Gasteiger charge is 2.35. The number of benzene rings is 2. The zero-order valence-electron chi connectivity index (χ0n) is 17.0. The zero-order valence-corrected chi connectivity index (χ0v) is 17.0. The van der Waals surface area contributed by atoms with Crippen LogP contribution in [0, 0.1) is 0 Å². The van der Waals surface area contributed by atoms with Crippen LogP contribution < -0.4 is 10.6 Å². The summed E-state index contributed by atoms with van der Waals surface area (Å²) in [6.45, 7) is 3.02. The molecule has 0 saturated carbocycles. The highest BCUT2D eigenvalue weighted by atomic mass is 19.4. The Morgan fingerprint density at radius 2 is 1.77 bits per heavy atom.